The number of aromatic hydroxyl groups is 1. The van der Waals surface area contributed by atoms with Crippen LogP contribution >= 0.6 is 0 Å². The van der Waals surface area contributed by atoms with E-state index in [1.54, 1.807) is 12.1 Å². The maximum Gasteiger partial charge on any atom is 0.248 e. The number of hydrogen-bond acceptors (Lipinski definition) is 2. The van der Waals surface area contributed by atoms with Crippen molar-refractivity contribution in [3.8, 4) is 5.75 Å². The molecule has 0 spiro atoms. The second-order valence-corrected chi connectivity index (χ2v) is 4.53. The van der Waals surface area contributed by atoms with Crippen LogP contribution in [-0.4, -0.2) is 16.5 Å². The molecular formula is C14H15F2NO2. The van der Waals surface area contributed by atoms with Gasteiger partial charge in [-0.2, -0.15) is 0 Å². The topological polar surface area (TPSA) is 53.1 Å². The Labute approximate surface area is 108 Å². The number of fused-ring (bicyclic) bond motifs is 1. The zero-order valence-corrected chi connectivity index (χ0v) is 10.3. The number of benzene rings is 1. The fourth-order valence-electron chi connectivity index (χ4n) is 2.14. The average Bonchev–Trinajstić information content (AvgIpc) is 2.33. The summed E-state index contributed by atoms with van der Waals surface area (Å²) in [6.45, 7) is 0. The largest absolute Gasteiger partial charge is 0.508 e. The van der Waals surface area contributed by atoms with Crippen molar-refractivity contribution in [1.29, 1.82) is 0 Å². The first kappa shape index (κ1) is 13.5. The molecule has 1 heterocycles. The monoisotopic (exact) mass is 267 g/mol. The summed E-state index contributed by atoms with van der Waals surface area (Å²) < 4.78 is 24.1. The minimum atomic E-state index is -2.27. The third-order valence-electron chi connectivity index (χ3n) is 3.03. The van der Waals surface area contributed by atoms with Crippen LogP contribution in [0, 0.1) is 0 Å². The van der Waals surface area contributed by atoms with Crippen LogP contribution < -0.4 is 5.56 Å². The Bertz CT molecular complexity index is 622. The third-order valence-corrected chi connectivity index (χ3v) is 3.03. The number of pyridine rings is 1. The van der Waals surface area contributed by atoms with E-state index in [4.69, 9.17) is 0 Å². The molecule has 0 saturated heterocycles. The zero-order valence-electron chi connectivity index (χ0n) is 10.3. The van der Waals surface area contributed by atoms with Gasteiger partial charge >= 0.3 is 0 Å². The molecule has 0 atom stereocenters. The number of unbranched alkanes of at least 4 members (excludes halogenated alkanes) is 1. The van der Waals surface area contributed by atoms with Crippen molar-refractivity contribution in [2.75, 3.05) is 0 Å². The number of halogens is 2. The Hall–Kier alpha value is -1.91. The van der Waals surface area contributed by atoms with Crippen LogP contribution in [0.4, 0.5) is 8.78 Å². The normalized spacial score (nSPS) is 11.3. The number of phenols is 1. The molecule has 2 N–H and O–H groups in total. The van der Waals surface area contributed by atoms with Crippen LogP contribution in [0.2, 0.25) is 0 Å². The van der Waals surface area contributed by atoms with E-state index < -0.39 is 6.43 Å². The fraction of sp³-hybridized carbons (Fsp3) is 0.357. The van der Waals surface area contributed by atoms with Gasteiger partial charge in [0, 0.05) is 23.9 Å². The summed E-state index contributed by atoms with van der Waals surface area (Å²) in [5.74, 6) is 0.0815. The van der Waals surface area contributed by atoms with Crippen molar-refractivity contribution in [2.45, 2.75) is 32.1 Å². The molecule has 0 unspecified atom stereocenters. The van der Waals surface area contributed by atoms with Gasteiger partial charge in [-0.25, -0.2) is 8.78 Å². The van der Waals surface area contributed by atoms with Gasteiger partial charge < -0.3 is 10.1 Å². The maximum atomic E-state index is 12.0. The van der Waals surface area contributed by atoms with E-state index in [-0.39, 0.29) is 17.7 Å². The lowest BCUT2D eigenvalue weighted by atomic mass is 10.0. The van der Waals surface area contributed by atoms with Gasteiger partial charge in [-0.3, -0.25) is 4.79 Å². The molecule has 0 radical (unpaired) electrons. The van der Waals surface area contributed by atoms with Gasteiger partial charge in [0.05, 0.1) is 5.52 Å². The number of rotatable bonds is 5. The molecule has 0 bridgehead atoms. The second-order valence-electron chi connectivity index (χ2n) is 4.53. The fourth-order valence-corrected chi connectivity index (χ4v) is 2.14. The Morgan fingerprint density at radius 2 is 2.00 bits per heavy atom. The summed E-state index contributed by atoms with van der Waals surface area (Å²) in [5, 5.41) is 10.2. The molecule has 19 heavy (non-hydrogen) atoms. The lowest BCUT2D eigenvalue weighted by Crippen LogP contribution is -2.06. The summed E-state index contributed by atoms with van der Waals surface area (Å²) in [4.78, 5) is 14.1. The van der Waals surface area contributed by atoms with E-state index in [2.05, 4.69) is 4.98 Å². The van der Waals surface area contributed by atoms with Crippen molar-refractivity contribution in [2.24, 2.45) is 0 Å². The minimum Gasteiger partial charge on any atom is -0.508 e. The molecule has 0 aliphatic carbocycles. The smallest absolute Gasteiger partial charge is 0.248 e. The number of aromatic amines is 1. The van der Waals surface area contributed by atoms with Crippen LogP contribution in [-0.2, 0) is 6.42 Å². The van der Waals surface area contributed by atoms with Crippen molar-refractivity contribution < 1.29 is 13.9 Å². The van der Waals surface area contributed by atoms with Gasteiger partial charge in [0.25, 0.3) is 0 Å². The van der Waals surface area contributed by atoms with Gasteiger partial charge in [-0.15, -0.1) is 0 Å². The molecule has 3 nitrogen and oxygen atoms in total. The molecule has 0 aliphatic rings. The van der Waals surface area contributed by atoms with E-state index in [0.717, 1.165) is 10.9 Å². The van der Waals surface area contributed by atoms with Crippen molar-refractivity contribution in [3.05, 3.63) is 40.2 Å². The van der Waals surface area contributed by atoms with Crippen LogP contribution in [0.3, 0.4) is 0 Å². The van der Waals surface area contributed by atoms with E-state index in [9.17, 15) is 18.7 Å². The molecule has 0 aliphatic heterocycles. The summed E-state index contributed by atoms with van der Waals surface area (Å²) in [6.07, 6.45) is -0.749. The number of nitrogens with one attached hydrogen (secondary N) is 1. The van der Waals surface area contributed by atoms with E-state index >= 15 is 0 Å². The Morgan fingerprint density at radius 1 is 1.21 bits per heavy atom. The predicted octanol–water partition coefficient (Wildman–Crippen LogP) is 3.21. The van der Waals surface area contributed by atoms with Gasteiger partial charge in [0.2, 0.25) is 12.0 Å². The molecule has 2 aromatic rings. The minimum absolute atomic E-state index is 0.0815. The van der Waals surface area contributed by atoms with Gasteiger partial charge in [0.15, 0.2) is 0 Å². The highest BCUT2D eigenvalue weighted by Gasteiger charge is 2.06. The van der Waals surface area contributed by atoms with E-state index in [1.807, 2.05) is 0 Å². The third kappa shape index (κ3) is 3.53. The highest BCUT2D eigenvalue weighted by atomic mass is 19.3. The Kier molecular flexibility index (Phi) is 4.14. The standard InChI is InChI=1S/C14H15F2NO2/c15-13(16)4-2-1-3-9-7-14(19)17-12-8-10(18)5-6-11(9)12/h5-8,13,18H,1-4H2,(H,17,19). The van der Waals surface area contributed by atoms with Crippen LogP contribution in [0.1, 0.15) is 24.8 Å². The molecule has 0 fully saturated rings. The first-order valence-corrected chi connectivity index (χ1v) is 6.19. The molecule has 2 rings (SSSR count). The van der Waals surface area contributed by atoms with Crippen LogP contribution in [0.5, 0.6) is 5.75 Å². The zero-order chi connectivity index (χ0) is 13.8. The number of H-pyrrole nitrogens is 1. The number of aromatic nitrogens is 1. The van der Waals surface area contributed by atoms with Crippen LogP contribution in [0.15, 0.2) is 29.1 Å². The SMILES string of the molecule is O=c1cc(CCCCC(F)F)c2ccc(O)cc2[nH]1. The predicted molar refractivity (Wildman–Crippen MR) is 69.8 cm³/mol. The summed E-state index contributed by atoms with van der Waals surface area (Å²) >= 11 is 0. The summed E-state index contributed by atoms with van der Waals surface area (Å²) in [5.41, 5.74) is 1.14. The highest BCUT2D eigenvalue weighted by molar-refractivity contribution is 5.83. The van der Waals surface area contributed by atoms with Crippen LogP contribution in [0.25, 0.3) is 10.9 Å². The number of aryl methyl sites for hydroxylation is 1. The van der Waals surface area contributed by atoms with E-state index in [1.165, 1.54) is 12.1 Å². The average molecular weight is 267 g/mol. The molecule has 5 heteroatoms. The Morgan fingerprint density at radius 3 is 2.74 bits per heavy atom. The summed E-state index contributed by atoms with van der Waals surface area (Å²) in [6, 6.07) is 6.24. The molecule has 1 aromatic carbocycles. The Balaban J connectivity index is 2.20. The van der Waals surface area contributed by atoms with Gasteiger partial charge in [0.1, 0.15) is 5.75 Å². The quantitative estimate of drug-likeness (QED) is 0.817. The molecular weight excluding hydrogens is 252 g/mol. The number of alkyl halides is 2. The summed E-state index contributed by atoms with van der Waals surface area (Å²) in [7, 11) is 0. The molecule has 0 saturated carbocycles. The first-order chi connectivity index (χ1) is 9.06. The maximum absolute atomic E-state index is 12.0. The van der Waals surface area contributed by atoms with Crippen molar-refractivity contribution in [1.82, 2.24) is 4.98 Å². The first-order valence-electron chi connectivity index (χ1n) is 6.19. The van der Waals surface area contributed by atoms with E-state index in [0.29, 0.717) is 24.8 Å². The highest BCUT2D eigenvalue weighted by Crippen LogP contribution is 2.21. The molecule has 102 valence electrons. The lowest BCUT2D eigenvalue weighted by molar-refractivity contribution is 0.134. The molecule has 0 amide bonds. The second kappa shape index (κ2) is 5.82. The van der Waals surface area contributed by atoms with Crippen molar-refractivity contribution >= 4 is 10.9 Å². The molecule has 1 aromatic heterocycles. The number of hydrogen-bond donors (Lipinski definition) is 2. The van der Waals surface area contributed by atoms with Gasteiger partial charge in [-0.1, -0.05) is 0 Å². The van der Waals surface area contributed by atoms with Crippen molar-refractivity contribution in [3.63, 3.8) is 0 Å². The number of phenolic OH excluding ortho intramolecular Hbond substituents is 1. The lowest BCUT2D eigenvalue weighted by Gasteiger charge is -2.06. The van der Waals surface area contributed by atoms with Gasteiger partial charge in [-0.05, 0) is 37.0 Å².